The minimum atomic E-state index is -0.405. The summed E-state index contributed by atoms with van der Waals surface area (Å²) in [7, 11) is 3.31. The highest BCUT2D eigenvalue weighted by molar-refractivity contribution is 5.49. The van der Waals surface area contributed by atoms with Gasteiger partial charge in [0.2, 0.25) is 0 Å². The van der Waals surface area contributed by atoms with Crippen molar-refractivity contribution >= 4 is 5.69 Å². The van der Waals surface area contributed by atoms with Crippen molar-refractivity contribution in [1.82, 2.24) is 25.1 Å². The van der Waals surface area contributed by atoms with E-state index in [-0.39, 0.29) is 5.82 Å². The number of methoxy groups -OCH3 is 2. The van der Waals surface area contributed by atoms with E-state index in [1.807, 2.05) is 48.5 Å². The van der Waals surface area contributed by atoms with Gasteiger partial charge in [-0.15, -0.1) is 5.10 Å². The molecule has 3 aromatic carbocycles. The van der Waals surface area contributed by atoms with Crippen molar-refractivity contribution in [2.45, 2.75) is 12.6 Å². The van der Waals surface area contributed by atoms with Crippen LogP contribution in [0.1, 0.15) is 23.0 Å². The topological polar surface area (TPSA) is 68.5 Å². The summed E-state index contributed by atoms with van der Waals surface area (Å²) in [5, 5.41) is 12.6. The molecular weight excluding hydrogens is 459 g/mol. The summed E-state index contributed by atoms with van der Waals surface area (Å²) >= 11 is 0. The lowest BCUT2D eigenvalue weighted by Gasteiger charge is -2.40. The van der Waals surface area contributed by atoms with E-state index >= 15 is 4.39 Å². The lowest BCUT2D eigenvalue weighted by atomic mass is 10.0. The Morgan fingerprint density at radius 2 is 1.47 bits per heavy atom. The molecule has 1 aliphatic heterocycles. The zero-order valence-electron chi connectivity index (χ0n) is 20.4. The lowest BCUT2D eigenvalue weighted by Crippen LogP contribution is -2.48. The van der Waals surface area contributed by atoms with Crippen molar-refractivity contribution < 1.29 is 13.9 Å². The number of tetrazole rings is 1. The largest absolute Gasteiger partial charge is 0.497 e. The molecule has 0 N–H and O–H groups in total. The molecule has 0 saturated carbocycles. The minimum Gasteiger partial charge on any atom is -0.497 e. The van der Waals surface area contributed by atoms with Gasteiger partial charge in [-0.1, -0.05) is 30.3 Å². The quantitative estimate of drug-likeness (QED) is 0.374. The van der Waals surface area contributed by atoms with E-state index in [0.29, 0.717) is 17.9 Å². The Kier molecular flexibility index (Phi) is 7.08. The van der Waals surface area contributed by atoms with Crippen molar-refractivity contribution in [3.63, 3.8) is 0 Å². The van der Waals surface area contributed by atoms with Gasteiger partial charge in [-0.3, -0.25) is 4.90 Å². The Balaban J connectivity index is 1.40. The summed E-state index contributed by atoms with van der Waals surface area (Å²) in [4.78, 5) is 4.59. The molecule has 186 valence electrons. The van der Waals surface area contributed by atoms with Crippen LogP contribution >= 0.6 is 0 Å². The summed E-state index contributed by atoms with van der Waals surface area (Å²) in [6, 6.07) is 22.3. The fraction of sp³-hybridized carbons (Fsp3) is 0.296. The molecule has 9 heteroatoms. The average Bonchev–Trinajstić information content (AvgIpc) is 3.38. The lowest BCUT2D eigenvalue weighted by molar-refractivity contribution is 0.198. The van der Waals surface area contributed by atoms with Gasteiger partial charge in [0.05, 0.1) is 20.8 Å². The van der Waals surface area contributed by atoms with Gasteiger partial charge in [0.15, 0.2) is 5.82 Å². The van der Waals surface area contributed by atoms with Crippen molar-refractivity contribution in [1.29, 1.82) is 0 Å². The predicted octanol–water partition coefficient (Wildman–Crippen LogP) is 3.79. The minimum absolute atomic E-state index is 0.265. The molecule has 36 heavy (non-hydrogen) atoms. The zero-order valence-corrected chi connectivity index (χ0v) is 20.4. The number of rotatable bonds is 8. The maximum Gasteiger partial charge on any atom is 0.173 e. The zero-order chi connectivity index (χ0) is 24.9. The molecule has 1 aromatic heterocycles. The van der Waals surface area contributed by atoms with Gasteiger partial charge < -0.3 is 14.4 Å². The summed E-state index contributed by atoms with van der Waals surface area (Å²) in [5.74, 6) is 1.98. The predicted molar refractivity (Wildman–Crippen MR) is 135 cm³/mol. The van der Waals surface area contributed by atoms with Crippen LogP contribution in [0.2, 0.25) is 0 Å². The summed E-state index contributed by atoms with van der Waals surface area (Å²) < 4.78 is 27.4. The number of nitrogens with zero attached hydrogens (tertiary/aromatic N) is 6. The normalized spacial score (nSPS) is 15.0. The molecule has 1 aliphatic rings. The van der Waals surface area contributed by atoms with Crippen LogP contribution in [-0.2, 0) is 6.54 Å². The standard InChI is InChI=1S/C27H29FN6O2/c1-35-22-11-7-20(8-12-22)19-34-27(29-30-31-34)26(24-5-3-4-6-25(24)28)33-17-15-32(16-18-33)21-9-13-23(36-2)14-10-21/h3-14,26H,15-19H2,1-2H3. The van der Waals surface area contributed by atoms with Crippen molar-refractivity contribution in [3.05, 3.63) is 95.6 Å². The third-order valence-corrected chi connectivity index (χ3v) is 6.61. The van der Waals surface area contributed by atoms with E-state index in [2.05, 4.69) is 37.5 Å². The number of hydrogen-bond acceptors (Lipinski definition) is 7. The van der Waals surface area contributed by atoms with Gasteiger partial charge >= 0.3 is 0 Å². The van der Waals surface area contributed by atoms with E-state index in [1.165, 1.54) is 6.07 Å². The first-order valence-electron chi connectivity index (χ1n) is 11.9. The van der Waals surface area contributed by atoms with E-state index < -0.39 is 6.04 Å². The Hall–Kier alpha value is -3.98. The summed E-state index contributed by atoms with van der Waals surface area (Å²) in [6.07, 6.45) is 0. The third kappa shape index (κ3) is 5.01. The van der Waals surface area contributed by atoms with Crippen molar-refractivity contribution in [2.24, 2.45) is 0 Å². The van der Waals surface area contributed by atoms with Crippen LogP contribution in [0.5, 0.6) is 11.5 Å². The van der Waals surface area contributed by atoms with Gasteiger partial charge in [-0.2, -0.15) is 0 Å². The molecule has 1 saturated heterocycles. The van der Waals surface area contributed by atoms with Crippen LogP contribution in [-0.4, -0.2) is 65.5 Å². The molecule has 1 atom stereocenters. The van der Waals surface area contributed by atoms with Gasteiger partial charge in [0.25, 0.3) is 0 Å². The molecule has 2 heterocycles. The van der Waals surface area contributed by atoms with E-state index in [9.17, 15) is 0 Å². The first kappa shape index (κ1) is 23.7. The molecular formula is C27H29FN6O2. The van der Waals surface area contributed by atoms with Gasteiger partial charge in [-0.05, 0) is 58.5 Å². The van der Waals surface area contributed by atoms with Crippen LogP contribution in [0.25, 0.3) is 0 Å². The Morgan fingerprint density at radius 1 is 0.833 bits per heavy atom. The fourth-order valence-electron chi connectivity index (χ4n) is 4.65. The number of ether oxygens (including phenoxy) is 2. The second kappa shape index (κ2) is 10.7. The van der Waals surface area contributed by atoms with Crippen LogP contribution in [0.3, 0.4) is 0 Å². The van der Waals surface area contributed by atoms with Gasteiger partial charge in [0, 0.05) is 37.4 Å². The molecule has 1 fully saturated rings. The van der Waals surface area contributed by atoms with Crippen molar-refractivity contribution in [3.8, 4) is 11.5 Å². The highest BCUT2D eigenvalue weighted by Crippen LogP contribution is 2.31. The van der Waals surface area contributed by atoms with Crippen LogP contribution in [0.4, 0.5) is 10.1 Å². The maximum atomic E-state index is 15.1. The average molecular weight is 489 g/mol. The molecule has 0 aliphatic carbocycles. The Labute approximate surface area is 209 Å². The summed E-state index contributed by atoms with van der Waals surface area (Å²) in [5.41, 5.74) is 2.74. The second-order valence-electron chi connectivity index (χ2n) is 8.69. The molecule has 0 radical (unpaired) electrons. The van der Waals surface area contributed by atoms with Crippen LogP contribution in [0, 0.1) is 5.82 Å². The molecule has 0 spiro atoms. The first-order valence-corrected chi connectivity index (χ1v) is 11.9. The van der Waals surface area contributed by atoms with Crippen LogP contribution in [0.15, 0.2) is 72.8 Å². The molecule has 4 aromatic rings. The highest BCUT2D eigenvalue weighted by Gasteiger charge is 2.32. The molecule has 0 bridgehead atoms. The first-order chi connectivity index (χ1) is 17.7. The van der Waals surface area contributed by atoms with E-state index in [4.69, 9.17) is 9.47 Å². The molecule has 5 rings (SSSR count). The monoisotopic (exact) mass is 488 g/mol. The fourth-order valence-corrected chi connectivity index (χ4v) is 4.65. The molecule has 0 amide bonds. The second-order valence-corrected chi connectivity index (χ2v) is 8.69. The van der Waals surface area contributed by atoms with Crippen molar-refractivity contribution in [2.75, 3.05) is 45.3 Å². The van der Waals surface area contributed by atoms with E-state index in [0.717, 1.165) is 48.9 Å². The van der Waals surface area contributed by atoms with Gasteiger partial charge in [-0.25, -0.2) is 9.07 Å². The number of hydrogen-bond donors (Lipinski definition) is 0. The number of piperazine rings is 1. The smallest absolute Gasteiger partial charge is 0.173 e. The van der Waals surface area contributed by atoms with E-state index in [1.54, 1.807) is 25.0 Å². The van der Waals surface area contributed by atoms with Crippen LogP contribution < -0.4 is 14.4 Å². The Morgan fingerprint density at radius 3 is 2.11 bits per heavy atom. The molecule has 8 nitrogen and oxygen atoms in total. The number of benzene rings is 3. The number of halogens is 1. The van der Waals surface area contributed by atoms with Gasteiger partial charge in [0.1, 0.15) is 23.4 Å². The Bertz CT molecular complexity index is 1270. The maximum absolute atomic E-state index is 15.1. The number of aromatic nitrogens is 4. The highest BCUT2D eigenvalue weighted by atomic mass is 19.1. The molecule has 1 unspecified atom stereocenters. The summed E-state index contributed by atoms with van der Waals surface area (Å²) in [6.45, 7) is 3.55. The third-order valence-electron chi connectivity index (χ3n) is 6.61. The number of anilines is 1. The SMILES string of the molecule is COc1ccc(Cn2nnnc2C(c2ccccc2F)N2CCN(c3ccc(OC)cc3)CC2)cc1.